The lowest BCUT2D eigenvalue weighted by atomic mass is 10.0. The molecule has 1 aliphatic heterocycles. The Hall–Kier alpha value is -1.49. The maximum atomic E-state index is 13.5. The van der Waals surface area contributed by atoms with E-state index in [9.17, 15) is 13.6 Å². The molecule has 1 saturated carbocycles. The van der Waals surface area contributed by atoms with Crippen LogP contribution in [0.1, 0.15) is 40.7 Å². The molecule has 1 N–H and O–H groups in total. The second-order valence-electron chi connectivity index (χ2n) is 5.54. The minimum Gasteiger partial charge on any atom is -0.372 e. The van der Waals surface area contributed by atoms with Gasteiger partial charge in [0, 0.05) is 24.4 Å². The molecule has 1 aliphatic carbocycles. The van der Waals surface area contributed by atoms with Crippen LogP contribution in [0.25, 0.3) is 0 Å². The summed E-state index contributed by atoms with van der Waals surface area (Å²) in [6.07, 6.45) is 0.943. The van der Waals surface area contributed by atoms with Crippen molar-refractivity contribution in [1.29, 1.82) is 0 Å². The van der Waals surface area contributed by atoms with E-state index in [2.05, 4.69) is 5.32 Å². The normalized spacial score (nSPS) is 23.6. The predicted molar refractivity (Wildman–Crippen MR) is 69.6 cm³/mol. The smallest absolute Gasteiger partial charge is 0.252 e. The standard InChI is InChI=1S/C15H17F2NO2/c16-15(17)5-1-2-13(15)7-18-14(19)10-3-4-11-8-20-9-12(11)6-10/h3-4,6,13H,1-2,5,7-9H2,(H,18,19). The van der Waals surface area contributed by atoms with Gasteiger partial charge in [0.1, 0.15) is 0 Å². The van der Waals surface area contributed by atoms with E-state index in [-0.39, 0.29) is 18.9 Å². The van der Waals surface area contributed by atoms with E-state index in [0.29, 0.717) is 31.6 Å². The van der Waals surface area contributed by atoms with Crippen molar-refractivity contribution in [2.45, 2.75) is 38.4 Å². The summed E-state index contributed by atoms with van der Waals surface area (Å²) >= 11 is 0. The highest BCUT2D eigenvalue weighted by Crippen LogP contribution is 2.39. The van der Waals surface area contributed by atoms with Gasteiger partial charge >= 0.3 is 0 Å². The number of nitrogens with one attached hydrogen (secondary N) is 1. The Kier molecular flexibility index (Phi) is 3.46. The number of fused-ring (bicyclic) bond motifs is 1. The van der Waals surface area contributed by atoms with E-state index in [1.165, 1.54) is 0 Å². The van der Waals surface area contributed by atoms with Crippen molar-refractivity contribution in [3.05, 3.63) is 34.9 Å². The van der Waals surface area contributed by atoms with Crippen LogP contribution in [-0.4, -0.2) is 18.4 Å². The van der Waals surface area contributed by atoms with Gasteiger partial charge in [-0.2, -0.15) is 0 Å². The Labute approximate surface area is 116 Å². The number of rotatable bonds is 3. The molecule has 20 heavy (non-hydrogen) atoms. The van der Waals surface area contributed by atoms with Crippen LogP contribution < -0.4 is 5.32 Å². The first kappa shape index (κ1) is 13.5. The SMILES string of the molecule is O=C(NCC1CCCC1(F)F)c1ccc2c(c1)COC2. The predicted octanol–water partition coefficient (Wildman–Crippen LogP) is 2.88. The molecule has 0 spiro atoms. The molecule has 1 unspecified atom stereocenters. The molecular formula is C15H17F2NO2. The van der Waals surface area contributed by atoms with E-state index >= 15 is 0 Å². The molecule has 0 saturated heterocycles. The summed E-state index contributed by atoms with van der Waals surface area (Å²) in [5, 5.41) is 2.63. The van der Waals surface area contributed by atoms with Crippen molar-refractivity contribution in [3.63, 3.8) is 0 Å². The van der Waals surface area contributed by atoms with Crippen molar-refractivity contribution < 1.29 is 18.3 Å². The first-order chi connectivity index (χ1) is 9.56. The number of amides is 1. The zero-order valence-electron chi connectivity index (χ0n) is 11.1. The van der Waals surface area contributed by atoms with Crippen LogP contribution in [0.5, 0.6) is 0 Å². The molecule has 0 aromatic heterocycles. The monoisotopic (exact) mass is 281 g/mol. The number of alkyl halides is 2. The summed E-state index contributed by atoms with van der Waals surface area (Å²) in [5.74, 6) is -3.66. The number of ether oxygens (including phenoxy) is 1. The highest BCUT2D eigenvalue weighted by Gasteiger charge is 2.43. The number of hydrogen-bond donors (Lipinski definition) is 1. The summed E-state index contributed by atoms with van der Waals surface area (Å²) in [7, 11) is 0. The molecule has 5 heteroatoms. The molecule has 1 fully saturated rings. The Balaban J connectivity index is 1.62. The van der Waals surface area contributed by atoms with Gasteiger partial charge in [0.2, 0.25) is 0 Å². The lowest BCUT2D eigenvalue weighted by molar-refractivity contribution is -0.0352. The van der Waals surface area contributed by atoms with Crippen LogP contribution in [0.2, 0.25) is 0 Å². The van der Waals surface area contributed by atoms with Gasteiger partial charge in [-0.05, 0) is 36.1 Å². The molecule has 1 aromatic rings. The minimum atomic E-state index is -2.64. The Morgan fingerprint density at radius 3 is 2.90 bits per heavy atom. The van der Waals surface area contributed by atoms with Crippen LogP contribution in [-0.2, 0) is 18.0 Å². The van der Waals surface area contributed by atoms with E-state index in [4.69, 9.17) is 4.74 Å². The van der Waals surface area contributed by atoms with Gasteiger partial charge in [0.05, 0.1) is 13.2 Å². The van der Waals surface area contributed by atoms with E-state index < -0.39 is 11.8 Å². The molecule has 0 bridgehead atoms. The van der Waals surface area contributed by atoms with Crippen molar-refractivity contribution in [3.8, 4) is 0 Å². The fourth-order valence-corrected chi connectivity index (χ4v) is 2.88. The molecule has 1 atom stereocenters. The first-order valence-electron chi connectivity index (χ1n) is 6.92. The summed E-state index contributed by atoms with van der Waals surface area (Å²) in [6.45, 7) is 1.13. The Bertz CT molecular complexity index is 531. The highest BCUT2D eigenvalue weighted by molar-refractivity contribution is 5.94. The molecular weight excluding hydrogens is 264 g/mol. The second-order valence-corrected chi connectivity index (χ2v) is 5.54. The quantitative estimate of drug-likeness (QED) is 0.925. The van der Waals surface area contributed by atoms with Crippen LogP contribution >= 0.6 is 0 Å². The topological polar surface area (TPSA) is 38.3 Å². The van der Waals surface area contributed by atoms with Crippen LogP contribution in [0.15, 0.2) is 18.2 Å². The van der Waals surface area contributed by atoms with Gasteiger partial charge in [0.15, 0.2) is 0 Å². The molecule has 3 nitrogen and oxygen atoms in total. The number of halogens is 2. The van der Waals surface area contributed by atoms with E-state index in [1.807, 2.05) is 6.07 Å². The van der Waals surface area contributed by atoms with Crippen molar-refractivity contribution in [1.82, 2.24) is 5.32 Å². The van der Waals surface area contributed by atoms with E-state index in [0.717, 1.165) is 11.1 Å². The number of benzene rings is 1. The fourth-order valence-electron chi connectivity index (χ4n) is 2.88. The third-order valence-electron chi connectivity index (χ3n) is 4.15. The molecule has 0 radical (unpaired) electrons. The highest BCUT2D eigenvalue weighted by atomic mass is 19.3. The minimum absolute atomic E-state index is 0.0411. The van der Waals surface area contributed by atoms with Gasteiger partial charge in [-0.15, -0.1) is 0 Å². The molecule has 1 heterocycles. The maximum Gasteiger partial charge on any atom is 0.252 e. The Morgan fingerprint density at radius 2 is 2.15 bits per heavy atom. The average molecular weight is 281 g/mol. The Morgan fingerprint density at radius 1 is 1.35 bits per heavy atom. The second kappa shape index (κ2) is 5.13. The molecule has 1 aromatic carbocycles. The number of hydrogen-bond acceptors (Lipinski definition) is 2. The van der Waals surface area contributed by atoms with Crippen molar-refractivity contribution in [2.24, 2.45) is 5.92 Å². The average Bonchev–Trinajstić information content (AvgIpc) is 3.01. The maximum absolute atomic E-state index is 13.5. The first-order valence-corrected chi connectivity index (χ1v) is 6.92. The van der Waals surface area contributed by atoms with Crippen LogP contribution in [0.4, 0.5) is 8.78 Å². The van der Waals surface area contributed by atoms with Gasteiger partial charge in [-0.3, -0.25) is 4.79 Å². The van der Waals surface area contributed by atoms with Gasteiger partial charge in [0.25, 0.3) is 11.8 Å². The van der Waals surface area contributed by atoms with Gasteiger partial charge < -0.3 is 10.1 Å². The molecule has 3 rings (SSSR count). The summed E-state index contributed by atoms with van der Waals surface area (Å²) in [5.41, 5.74) is 2.60. The summed E-state index contributed by atoms with van der Waals surface area (Å²) in [6, 6.07) is 5.36. The lowest BCUT2D eigenvalue weighted by Gasteiger charge is -2.19. The fraction of sp³-hybridized carbons (Fsp3) is 0.533. The number of carbonyl (C=O) groups is 1. The third kappa shape index (κ3) is 2.54. The lowest BCUT2D eigenvalue weighted by Crippen LogP contribution is -2.35. The van der Waals surface area contributed by atoms with Crippen LogP contribution in [0, 0.1) is 5.92 Å². The zero-order valence-corrected chi connectivity index (χ0v) is 11.1. The van der Waals surface area contributed by atoms with Gasteiger partial charge in [-0.1, -0.05) is 6.07 Å². The van der Waals surface area contributed by atoms with Gasteiger partial charge in [-0.25, -0.2) is 8.78 Å². The molecule has 108 valence electrons. The molecule has 1 amide bonds. The largest absolute Gasteiger partial charge is 0.372 e. The van der Waals surface area contributed by atoms with E-state index in [1.54, 1.807) is 12.1 Å². The molecule has 2 aliphatic rings. The third-order valence-corrected chi connectivity index (χ3v) is 4.15. The number of carbonyl (C=O) groups excluding carboxylic acids is 1. The summed E-state index contributed by atoms with van der Waals surface area (Å²) < 4.78 is 32.2. The summed E-state index contributed by atoms with van der Waals surface area (Å²) in [4.78, 5) is 12.0. The van der Waals surface area contributed by atoms with Crippen LogP contribution in [0.3, 0.4) is 0 Å². The van der Waals surface area contributed by atoms with Crippen molar-refractivity contribution in [2.75, 3.05) is 6.54 Å². The zero-order chi connectivity index (χ0) is 14.2. The van der Waals surface area contributed by atoms with Crippen molar-refractivity contribution >= 4 is 5.91 Å².